The molecule has 23 heavy (non-hydrogen) atoms. The molecule has 1 aliphatic carbocycles. The van der Waals surface area contributed by atoms with Gasteiger partial charge in [0.2, 0.25) is 0 Å². The number of fused-ring (bicyclic) bond motifs is 1. The van der Waals surface area contributed by atoms with Crippen molar-refractivity contribution in [2.24, 2.45) is 0 Å². The first kappa shape index (κ1) is 16.0. The molecule has 3 rings (SSSR count). The molecule has 122 valence electrons. The van der Waals surface area contributed by atoms with Crippen LogP contribution in [0.15, 0.2) is 35.0 Å². The lowest BCUT2D eigenvalue weighted by atomic mass is 9.99. The number of hydrogen-bond acceptors (Lipinski definition) is 3. The Balaban J connectivity index is 1.57. The molecule has 0 spiro atoms. The zero-order chi connectivity index (χ0) is 16.4. The SMILES string of the molecule is C[C@](O)(CNC(=O)N[C@H]1CCc2cc(F)ccc21)c1ccsc1. The van der Waals surface area contributed by atoms with Crippen molar-refractivity contribution in [3.05, 3.63) is 57.5 Å². The maximum absolute atomic E-state index is 13.2. The molecule has 1 heterocycles. The molecule has 1 aliphatic rings. The van der Waals surface area contributed by atoms with Crippen molar-refractivity contribution in [3.63, 3.8) is 0 Å². The van der Waals surface area contributed by atoms with E-state index in [-0.39, 0.29) is 24.4 Å². The van der Waals surface area contributed by atoms with Crippen molar-refractivity contribution < 1.29 is 14.3 Å². The van der Waals surface area contributed by atoms with E-state index < -0.39 is 5.60 Å². The monoisotopic (exact) mass is 334 g/mol. The van der Waals surface area contributed by atoms with E-state index in [1.165, 1.54) is 23.5 Å². The normalized spacial score (nSPS) is 19.0. The first-order valence-corrected chi connectivity index (χ1v) is 8.48. The molecule has 6 heteroatoms. The summed E-state index contributed by atoms with van der Waals surface area (Å²) in [5.41, 5.74) is 1.59. The third-order valence-corrected chi connectivity index (χ3v) is 4.91. The van der Waals surface area contributed by atoms with Gasteiger partial charge in [-0.15, -0.1) is 0 Å². The number of aliphatic hydroxyl groups is 1. The number of carbonyl (C=O) groups is 1. The van der Waals surface area contributed by atoms with Gasteiger partial charge in [-0.25, -0.2) is 9.18 Å². The minimum absolute atomic E-state index is 0.114. The van der Waals surface area contributed by atoms with Crippen LogP contribution >= 0.6 is 11.3 Å². The lowest BCUT2D eigenvalue weighted by Crippen LogP contribution is -2.44. The largest absolute Gasteiger partial charge is 0.384 e. The van der Waals surface area contributed by atoms with Gasteiger partial charge in [-0.3, -0.25) is 0 Å². The number of rotatable bonds is 4. The van der Waals surface area contributed by atoms with Crippen LogP contribution in [0.1, 0.15) is 36.1 Å². The van der Waals surface area contributed by atoms with Gasteiger partial charge in [0.25, 0.3) is 0 Å². The number of hydrogen-bond donors (Lipinski definition) is 3. The number of thiophene rings is 1. The predicted molar refractivity (Wildman–Crippen MR) is 87.9 cm³/mol. The molecule has 0 radical (unpaired) electrons. The summed E-state index contributed by atoms with van der Waals surface area (Å²) in [5.74, 6) is -0.249. The maximum Gasteiger partial charge on any atom is 0.315 e. The molecule has 1 aromatic heterocycles. The third-order valence-electron chi connectivity index (χ3n) is 4.22. The van der Waals surface area contributed by atoms with Crippen LogP contribution in [-0.4, -0.2) is 17.7 Å². The minimum atomic E-state index is -1.10. The van der Waals surface area contributed by atoms with Gasteiger partial charge in [-0.2, -0.15) is 11.3 Å². The molecule has 0 fully saturated rings. The standard InChI is InChI=1S/C17H19FN2O2S/c1-17(22,12-6-7-23-9-12)10-19-16(21)20-15-5-2-11-8-13(18)3-4-14(11)15/h3-4,6-9,15,22H,2,5,10H2,1H3,(H2,19,20,21)/t15-,17-/m0/s1. The van der Waals surface area contributed by atoms with Gasteiger partial charge in [0.05, 0.1) is 12.6 Å². The van der Waals surface area contributed by atoms with Crippen LogP contribution in [0.25, 0.3) is 0 Å². The molecule has 2 atom stereocenters. The Morgan fingerprint density at radius 3 is 3.04 bits per heavy atom. The van der Waals surface area contributed by atoms with Gasteiger partial charge < -0.3 is 15.7 Å². The Labute approximate surface area is 138 Å². The van der Waals surface area contributed by atoms with Crippen molar-refractivity contribution in [3.8, 4) is 0 Å². The molecular weight excluding hydrogens is 315 g/mol. The maximum atomic E-state index is 13.2. The van der Waals surface area contributed by atoms with Crippen molar-refractivity contribution in [2.75, 3.05) is 6.54 Å². The van der Waals surface area contributed by atoms with E-state index in [9.17, 15) is 14.3 Å². The summed E-state index contributed by atoms with van der Waals surface area (Å²) in [7, 11) is 0. The fourth-order valence-electron chi connectivity index (χ4n) is 2.87. The second-order valence-corrected chi connectivity index (χ2v) is 6.83. The van der Waals surface area contributed by atoms with E-state index in [0.717, 1.165) is 29.5 Å². The van der Waals surface area contributed by atoms with E-state index in [0.29, 0.717) is 0 Å². The quantitative estimate of drug-likeness (QED) is 0.805. The second-order valence-electron chi connectivity index (χ2n) is 6.05. The zero-order valence-electron chi connectivity index (χ0n) is 12.8. The summed E-state index contributed by atoms with van der Waals surface area (Å²) < 4.78 is 13.2. The van der Waals surface area contributed by atoms with Crippen LogP contribution in [-0.2, 0) is 12.0 Å². The van der Waals surface area contributed by atoms with Gasteiger partial charge in [0.1, 0.15) is 11.4 Å². The van der Waals surface area contributed by atoms with Gasteiger partial charge in [-0.1, -0.05) is 6.07 Å². The van der Waals surface area contributed by atoms with Crippen LogP contribution in [0.5, 0.6) is 0 Å². The topological polar surface area (TPSA) is 61.4 Å². The predicted octanol–water partition coefficient (Wildman–Crippen LogP) is 3.08. The molecule has 2 amide bonds. The van der Waals surface area contributed by atoms with E-state index in [1.807, 2.05) is 16.8 Å². The molecule has 2 aromatic rings. The first-order chi connectivity index (χ1) is 11.0. The summed E-state index contributed by atoms with van der Waals surface area (Å²) >= 11 is 1.50. The number of aryl methyl sites for hydroxylation is 1. The third kappa shape index (κ3) is 3.54. The fraction of sp³-hybridized carbons (Fsp3) is 0.353. The Morgan fingerprint density at radius 1 is 1.48 bits per heavy atom. The molecule has 3 N–H and O–H groups in total. The van der Waals surface area contributed by atoms with Crippen molar-refractivity contribution >= 4 is 17.4 Å². The molecule has 0 saturated heterocycles. The number of halogens is 1. The highest BCUT2D eigenvalue weighted by atomic mass is 32.1. The number of amides is 2. The average molecular weight is 334 g/mol. The molecule has 0 saturated carbocycles. The highest BCUT2D eigenvalue weighted by Crippen LogP contribution is 2.31. The molecule has 0 aliphatic heterocycles. The van der Waals surface area contributed by atoms with Crippen LogP contribution in [0.2, 0.25) is 0 Å². The smallest absolute Gasteiger partial charge is 0.315 e. The van der Waals surface area contributed by atoms with Gasteiger partial charge in [-0.05, 0) is 65.4 Å². The molecule has 0 bridgehead atoms. The van der Waals surface area contributed by atoms with Gasteiger partial charge >= 0.3 is 6.03 Å². The highest BCUT2D eigenvalue weighted by Gasteiger charge is 2.27. The van der Waals surface area contributed by atoms with Crippen LogP contribution < -0.4 is 10.6 Å². The van der Waals surface area contributed by atoms with Gasteiger partial charge in [0.15, 0.2) is 0 Å². The summed E-state index contributed by atoms with van der Waals surface area (Å²) in [6, 6.07) is 6.06. The van der Waals surface area contributed by atoms with Crippen molar-refractivity contribution in [1.82, 2.24) is 10.6 Å². The molecular formula is C17H19FN2O2S. The highest BCUT2D eigenvalue weighted by molar-refractivity contribution is 7.08. The lowest BCUT2D eigenvalue weighted by molar-refractivity contribution is 0.0597. The van der Waals surface area contributed by atoms with E-state index in [4.69, 9.17) is 0 Å². The number of benzene rings is 1. The Hall–Kier alpha value is -1.92. The Kier molecular flexibility index (Phi) is 4.37. The van der Waals surface area contributed by atoms with Crippen molar-refractivity contribution in [1.29, 1.82) is 0 Å². The number of urea groups is 1. The summed E-state index contributed by atoms with van der Waals surface area (Å²) in [5, 5.41) is 19.7. The Bertz CT molecular complexity index is 701. The zero-order valence-corrected chi connectivity index (χ0v) is 13.6. The van der Waals surface area contributed by atoms with Gasteiger partial charge in [0, 0.05) is 0 Å². The van der Waals surface area contributed by atoms with E-state index >= 15 is 0 Å². The van der Waals surface area contributed by atoms with Crippen LogP contribution in [0, 0.1) is 5.82 Å². The summed E-state index contributed by atoms with van der Waals surface area (Å²) in [6.07, 6.45) is 1.51. The average Bonchev–Trinajstić information content (AvgIpc) is 3.16. The minimum Gasteiger partial charge on any atom is -0.384 e. The Morgan fingerprint density at radius 2 is 2.30 bits per heavy atom. The summed E-state index contributed by atoms with van der Waals surface area (Å²) in [4.78, 5) is 12.1. The van der Waals surface area contributed by atoms with Crippen LogP contribution in [0.3, 0.4) is 0 Å². The number of carbonyl (C=O) groups excluding carboxylic acids is 1. The van der Waals surface area contributed by atoms with Crippen LogP contribution in [0.4, 0.5) is 9.18 Å². The van der Waals surface area contributed by atoms with Crippen molar-refractivity contribution in [2.45, 2.75) is 31.4 Å². The molecule has 0 unspecified atom stereocenters. The molecule has 1 aromatic carbocycles. The fourth-order valence-corrected chi connectivity index (χ4v) is 3.65. The molecule has 4 nitrogen and oxygen atoms in total. The first-order valence-electron chi connectivity index (χ1n) is 7.53. The summed E-state index contributed by atoms with van der Waals surface area (Å²) in [6.45, 7) is 1.79. The second kappa shape index (κ2) is 6.29. The lowest BCUT2D eigenvalue weighted by Gasteiger charge is -2.23. The van der Waals surface area contributed by atoms with E-state index in [1.54, 1.807) is 13.0 Å². The van der Waals surface area contributed by atoms with E-state index in [2.05, 4.69) is 10.6 Å². The number of nitrogens with one attached hydrogen (secondary N) is 2.